The Bertz CT molecular complexity index is 275. The lowest BCUT2D eigenvalue weighted by Gasteiger charge is -2.08. The highest BCUT2D eigenvalue weighted by atomic mass is 32.1. The average molecular weight is 413 g/mol. The van der Waals surface area contributed by atoms with Crippen molar-refractivity contribution in [2.75, 3.05) is 6.61 Å². The van der Waals surface area contributed by atoms with Gasteiger partial charge in [0.2, 0.25) is 0 Å². The molecule has 0 aromatic heterocycles. The molecule has 0 unspecified atom stereocenters. The van der Waals surface area contributed by atoms with Gasteiger partial charge < -0.3 is 4.74 Å². The third-order valence-corrected chi connectivity index (χ3v) is 6.07. The SMILES string of the molecule is CCCCCCCCCCCCCC(=S)OCCCCCCCCCCCC. The van der Waals surface area contributed by atoms with Crippen molar-refractivity contribution in [3.05, 3.63) is 0 Å². The second-order valence-corrected chi connectivity index (χ2v) is 9.14. The molecule has 0 heterocycles. The maximum Gasteiger partial charge on any atom is 0.159 e. The van der Waals surface area contributed by atoms with Crippen molar-refractivity contribution < 1.29 is 4.74 Å². The zero-order valence-electron chi connectivity index (χ0n) is 19.6. The van der Waals surface area contributed by atoms with Crippen molar-refractivity contribution in [2.45, 2.75) is 155 Å². The summed E-state index contributed by atoms with van der Waals surface area (Å²) in [6.45, 7) is 5.41. The molecule has 0 amide bonds. The summed E-state index contributed by atoms with van der Waals surface area (Å²) in [4.78, 5) is 0. The van der Waals surface area contributed by atoms with Gasteiger partial charge in [-0.25, -0.2) is 0 Å². The van der Waals surface area contributed by atoms with Crippen LogP contribution >= 0.6 is 12.2 Å². The maximum atomic E-state index is 5.74. The minimum atomic E-state index is 0.841. The smallest absolute Gasteiger partial charge is 0.159 e. The normalized spacial score (nSPS) is 11.1. The highest BCUT2D eigenvalue weighted by molar-refractivity contribution is 7.80. The predicted molar refractivity (Wildman–Crippen MR) is 131 cm³/mol. The summed E-state index contributed by atoms with van der Waals surface area (Å²) in [5.74, 6) is 0. The molecule has 0 fully saturated rings. The van der Waals surface area contributed by atoms with E-state index >= 15 is 0 Å². The van der Waals surface area contributed by atoms with Crippen molar-refractivity contribution >= 4 is 17.3 Å². The van der Waals surface area contributed by atoms with Gasteiger partial charge in [-0.3, -0.25) is 0 Å². The Morgan fingerprint density at radius 1 is 0.464 bits per heavy atom. The monoisotopic (exact) mass is 412 g/mol. The third kappa shape index (κ3) is 23.9. The van der Waals surface area contributed by atoms with Crippen LogP contribution in [0.3, 0.4) is 0 Å². The van der Waals surface area contributed by atoms with E-state index in [0.29, 0.717) is 0 Å². The zero-order valence-corrected chi connectivity index (χ0v) is 20.4. The molecule has 1 nitrogen and oxygen atoms in total. The molecule has 0 radical (unpaired) electrons. The summed E-state index contributed by atoms with van der Waals surface area (Å²) < 4.78 is 5.74. The van der Waals surface area contributed by atoms with Crippen molar-refractivity contribution in [3.63, 3.8) is 0 Å². The number of hydrogen-bond acceptors (Lipinski definition) is 2. The number of rotatable bonds is 23. The van der Waals surface area contributed by atoms with Gasteiger partial charge in [-0.05, 0) is 25.1 Å². The van der Waals surface area contributed by atoms with Crippen LogP contribution in [0.1, 0.15) is 155 Å². The van der Waals surface area contributed by atoms with Crippen LogP contribution in [-0.4, -0.2) is 11.7 Å². The molecule has 0 aliphatic heterocycles. The lowest BCUT2D eigenvalue weighted by Crippen LogP contribution is -2.03. The van der Waals surface area contributed by atoms with E-state index in [1.54, 1.807) is 0 Å². The highest BCUT2D eigenvalue weighted by Crippen LogP contribution is 2.13. The van der Waals surface area contributed by atoms with E-state index in [9.17, 15) is 0 Å². The van der Waals surface area contributed by atoms with Crippen LogP contribution in [0.15, 0.2) is 0 Å². The van der Waals surface area contributed by atoms with Gasteiger partial charge in [0, 0.05) is 6.42 Å². The summed E-state index contributed by atoms with van der Waals surface area (Å²) in [6, 6.07) is 0. The van der Waals surface area contributed by atoms with Crippen LogP contribution in [-0.2, 0) is 4.74 Å². The van der Waals surface area contributed by atoms with E-state index in [1.807, 2.05) is 0 Å². The molecule has 0 aliphatic rings. The molecule has 0 aromatic rings. The molecule has 0 atom stereocenters. The molecule has 0 aromatic carbocycles. The molecule has 168 valence electrons. The fraction of sp³-hybridized carbons (Fsp3) is 0.962. The number of ether oxygens (including phenoxy) is 1. The van der Waals surface area contributed by atoms with Gasteiger partial charge in [-0.2, -0.15) is 0 Å². The van der Waals surface area contributed by atoms with E-state index in [1.165, 1.54) is 135 Å². The average Bonchev–Trinajstić information content (AvgIpc) is 2.70. The second kappa shape index (κ2) is 24.9. The van der Waals surface area contributed by atoms with Gasteiger partial charge in [-0.15, -0.1) is 0 Å². The van der Waals surface area contributed by atoms with Crippen molar-refractivity contribution in [2.24, 2.45) is 0 Å². The van der Waals surface area contributed by atoms with Crippen LogP contribution in [0, 0.1) is 0 Å². The van der Waals surface area contributed by atoms with Gasteiger partial charge in [-0.1, -0.05) is 136 Å². The molecule has 0 saturated carbocycles. The molecular formula is C26H52OS. The van der Waals surface area contributed by atoms with Gasteiger partial charge >= 0.3 is 0 Å². The molecule has 0 N–H and O–H groups in total. The lowest BCUT2D eigenvalue weighted by molar-refractivity contribution is 0.290. The van der Waals surface area contributed by atoms with Gasteiger partial charge in [0.1, 0.15) is 0 Å². The first-order chi connectivity index (χ1) is 13.8. The predicted octanol–water partition coefficient (Wildman–Crippen LogP) is 9.95. The number of unbranched alkanes of at least 4 members (excludes halogenated alkanes) is 19. The number of hydrogen-bond donors (Lipinski definition) is 0. The molecule has 0 spiro atoms. The van der Waals surface area contributed by atoms with E-state index in [2.05, 4.69) is 13.8 Å². The van der Waals surface area contributed by atoms with E-state index < -0.39 is 0 Å². The Morgan fingerprint density at radius 3 is 1.18 bits per heavy atom. The Labute approximate surface area is 183 Å². The summed E-state index contributed by atoms with van der Waals surface area (Å²) in [6.07, 6.45) is 30.0. The lowest BCUT2D eigenvalue weighted by atomic mass is 10.1. The fourth-order valence-electron chi connectivity index (χ4n) is 3.78. The van der Waals surface area contributed by atoms with Crippen molar-refractivity contribution in [3.8, 4) is 0 Å². The first kappa shape index (κ1) is 27.9. The summed E-state index contributed by atoms with van der Waals surface area (Å²) in [5, 5.41) is 0.854. The molecule has 0 bridgehead atoms. The number of thiocarbonyl (C=S) groups is 1. The first-order valence-electron chi connectivity index (χ1n) is 13.0. The van der Waals surface area contributed by atoms with Crippen LogP contribution in [0.25, 0.3) is 0 Å². The summed E-state index contributed by atoms with van der Waals surface area (Å²) >= 11 is 5.37. The first-order valence-corrected chi connectivity index (χ1v) is 13.4. The largest absolute Gasteiger partial charge is 0.487 e. The minimum Gasteiger partial charge on any atom is -0.487 e. The van der Waals surface area contributed by atoms with Gasteiger partial charge in [0.15, 0.2) is 5.05 Å². The molecule has 0 aliphatic carbocycles. The van der Waals surface area contributed by atoms with Crippen LogP contribution in [0.2, 0.25) is 0 Å². The van der Waals surface area contributed by atoms with Crippen LogP contribution < -0.4 is 0 Å². The molecule has 0 rings (SSSR count). The van der Waals surface area contributed by atoms with E-state index in [-0.39, 0.29) is 0 Å². The molecule has 2 heteroatoms. The van der Waals surface area contributed by atoms with Gasteiger partial charge in [0.05, 0.1) is 6.61 Å². The topological polar surface area (TPSA) is 9.23 Å². The molecule has 0 saturated heterocycles. The Balaban J connectivity index is 3.13. The minimum absolute atomic E-state index is 0.841. The van der Waals surface area contributed by atoms with Crippen LogP contribution in [0.5, 0.6) is 0 Å². The quantitative estimate of drug-likeness (QED) is 0.122. The van der Waals surface area contributed by atoms with Crippen molar-refractivity contribution in [1.82, 2.24) is 0 Å². The van der Waals surface area contributed by atoms with Crippen molar-refractivity contribution in [1.29, 1.82) is 0 Å². The molecule has 28 heavy (non-hydrogen) atoms. The second-order valence-electron chi connectivity index (χ2n) is 8.69. The Morgan fingerprint density at radius 2 is 0.786 bits per heavy atom. The third-order valence-electron chi connectivity index (χ3n) is 5.75. The summed E-state index contributed by atoms with van der Waals surface area (Å²) in [7, 11) is 0. The highest BCUT2D eigenvalue weighted by Gasteiger charge is 1.99. The zero-order chi connectivity index (χ0) is 20.5. The Hall–Kier alpha value is -0.110. The molecular weight excluding hydrogens is 360 g/mol. The fourth-order valence-corrected chi connectivity index (χ4v) is 4.01. The standard InChI is InChI=1S/C26H52OS/c1-3-5-7-9-11-13-15-16-18-20-22-24-26(28)27-25-23-21-19-17-14-12-10-8-6-4-2/h3-25H2,1-2H3. The van der Waals surface area contributed by atoms with Crippen LogP contribution in [0.4, 0.5) is 0 Å². The van der Waals surface area contributed by atoms with E-state index in [0.717, 1.165) is 18.1 Å². The Kier molecular flexibility index (Phi) is 24.8. The van der Waals surface area contributed by atoms with Gasteiger partial charge in [0.25, 0.3) is 0 Å². The maximum absolute atomic E-state index is 5.74. The summed E-state index contributed by atoms with van der Waals surface area (Å²) in [5.41, 5.74) is 0. The van der Waals surface area contributed by atoms with E-state index in [4.69, 9.17) is 17.0 Å².